The van der Waals surface area contributed by atoms with E-state index in [4.69, 9.17) is 0 Å². The van der Waals surface area contributed by atoms with E-state index >= 15 is 0 Å². The first-order valence-electron chi connectivity index (χ1n) is 4.84. The first-order valence-corrected chi connectivity index (χ1v) is 6.38. The van der Waals surface area contributed by atoms with Gasteiger partial charge in [-0.15, -0.1) is 0 Å². The van der Waals surface area contributed by atoms with Crippen LogP contribution in [0.25, 0.3) is 5.57 Å². The van der Waals surface area contributed by atoms with E-state index in [1.54, 1.807) is 0 Å². The van der Waals surface area contributed by atoms with Crippen molar-refractivity contribution in [1.29, 1.82) is 0 Å². The van der Waals surface area contributed by atoms with Crippen molar-refractivity contribution in [1.82, 2.24) is 4.90 Å². The van der Waals surface area contributed by atoms with Gasteiger partial charge in [-0.05, 0) is 37.9 Å². The highest BCUT2D eigenvalue weighted by Crippen LogP contribution is 2.35. The van der Waals surface area contributed by atoms with Crippen molar-refractivity contribution < 1.29 is 13.5 Å². The number of rotatable bonds is 2. The number of likely N-dealkylation sites (N-methyl/N-ethyl adjacent to an activating group) is 1. The average Bonchev–Trinajstić information content (AvgIpc) is 2.37. The van der Waals surface area contributed by atoms with Crippen molar-refractivity contribution in [3.05, 3.63) is 29.2 Å². The van der Waals surface area contributed by atoms with Gasteiger partial charge in [0.15, 0.2) is 0 Å². The van der Waals surface area contributed by atoms with Crippen LogP contribution in [0.3, 0.4) is 0 Å². The number of phenols is 1. The molecule has 0 aliphatic carbocycles. The third-order valence-electron chi connectivity index (χ3n) is 2.40. The molecule has 16 heavy (non-hydrogen) atoms. The molecule has 0 aromatic heterocycles. The Labute approximate surface area is 94.7 Å². The SMILES string of the molecule is CN(C)CC1=CS(=O)(=O)c2ccc(O)cc21. The molecule has 1 aliphatic heterocycles. The lowest BCUT2D eigenvalue weighted by molar-refractivity contribution is 0.462. The van der Waals surface area contributed by atoms with Gasteiger partial charge in [0.1, 0.15) is 5.75 Å². The molecule has 1 aromatic rings. The van der Waals surface area contributed by atoms with Crippen molar-refractivity contribution in [2.24, 2.45) is 0 Å². The predicted octanol–water partition coefficient (Wildman–Crippen LogP) is 1.08. The summed E-state index contributed by atoms with van der Waals surface area (Å²) in [5.74, 6) is 0.0838. The molecule has 1 aliphatic rings. The second-order valence-corrected chi connectivity index (χ2v) is 5.87. The van der Waals surface area contributed by atoms with Gasteiger partial charge in [-0.3, -0.25) is 0 Å². The molecule has 1 N–H and O–H groups in total. The highest BCUT2D eigenvalue weighted by Gasteiger charge is 2.27. The normalized spacial score (nSPS) is 17.3. The molecule has 2 rings (SSSR count). The summed E-state index contributed by atoms with van der Waals surface area (Å²) in [5, 5.41) is 10.7. The predicted molar refractivity (Wildman–Crippen MR) is 61.8 cm³/mol. The maximum atomic E-state index is 11.8. The summed E-state index contributed by atoms with van der Waals surface area (Å²) in [6.07, 6.45) is 0. The first-order chi connectivity index (χ1) is 7.40. The molecule has 0 amide bonds. The van der Waals surface area contributed by atoms with Crippen LogP contribution < -0.4 is 0 Å². The number of sulfone groups is 1. The van der Waals surface area contributed by atoms with Crippen LogP contribution in [0.1, 0.15) is 5.56 Å². The Hall–Kier alpha value is -1.33. The zero-order valence-corrected chi connectivity index (χ0v) is 9.95. The quantitative estimate of drug-likeness (QED) is 0.839. The molecule has 1 heterocycles. The summed E-state index contributed by atoms with van der Waals surface area (Å²) >= 11 is 0. The Kier molecular flexibility index (Phi) is 2.52. The summed E-state index contributed by atoms with van der Waals surface area (Å²) in [4.78, 5) is 2.17. The van der Waals surface area contributed by atoms with Gasteiger partial charge >= 0.3 is 0 Å². The Bertz CT molecular complexity index is 559. The van der Waals surface area contributed by atoms with Crippen molar-refractivity contribution in [2.45, 2.75) is 4.90 Å². The lowest BCUT2D eigenvalue weighted by Crippen LogP contribution is -2.13. The van der Waals surface area contributed by atoms with E-state index in [-0.39, 0.29) is 10.6 Å². The Balaban J connectivity index is 2.57. The molecule has 0 atom stereocenters. The number of nitrogens with zero attached hydrogens (tertiary/aromatic N) is 1. The van der Waals surface area contributed by atoms with Crippen molar-refractivity contribution >= 4 is 15.4 Å². The molecular formula is C11H13NO3S. The van der Waals surface area contributed by atoms with E-state index in [9.17, 15) is 13.5 Å². The molecule has 0 unspecified atom stereocenters. The lowest BCUT2D eigenvalue weighted by atomic mass is 10.1. The monoisotopic (exact) mass is 239 g/mol. The van der Waals surface area contributed by atoms with Gasteiger partial charge < -0.3 is 10.0 Å². The Morgan fingerprint density at radius 1 is 1.31 bits per heavy atom. The smallest absolute Gasteiger partial charge is 0.200 e. The molecule has 0 saturated carbocycles. The molecule has 0 bridgehead atoms. The van der Waals surface area contributed by atoms with E-state index in [1.165, 1.54) is 23.6 Å². The minimum absolute atomic E-state index is 0.0838. The highest BCUT2D eigenvalue weighted by molar-refractivity contribution is 7.95. The number of hydrogen-bond donors (Lipinski definition) is 1. The molecule has 1 aromatic carbocycles. The Morgan fingerprint density at radius 3 is 2.62 bits per heavy atom. The number of benzene rings is 1. The van der Waals surface area contributed by atoms with Crippen LogP contribution in [0.5, 0.6) is 5.75 Å². The summed E-state index contributed by atoms with van der Waals surface area (Å²) in [5.41, 5.74) is 1.32. The molecule has 5 heteroatoms. The average molecular weight is 239 g/mol. The van der Waals surface area contributed by atoms with Crippen molar-refractivity contribution in [2.75, 3.05) is 20.6 Å². The summed E-state index contributed by atoms with van der Waals surface area (Å²) < 4.78 is 23.6. The van der Waals surface area contributed by atoms with Crippen molar-refractivity contribution in [3.8, 4) is 5.75 Å². The van der Waals surface area contributed by atoms with Crippen LogP contribution >= 0.6 is 0 Å². The maximum absolute atomic E-state index is 11.8. The van der Waals surface area contributed by atoms with Gasteiger partial charge in [-0.2, -0.15) is 0 Å². The number of fused-ring (bicyclic) bond motifs is 1. The number of aromatic hydroxyl groups is 1. The van der Waals surface area contributed by atoms with Gasteiger partial charge in [0.25, 0.3) is 0 Å². The lowest BCUT2D eigenvalue weighted by Gasteiger charge is -2.11. The van der Waals surface area contributed by atoms with Gasteiger partial charge in [0.05, 0.1) is 4.90 Å². The van der Waals surface area contributed by atoms with Crippen LogP contribution in [0.15, 0.2) is 28.5 Å². The molecule has 0 saturated heterocycles. The largest absolute Gasteiger partial charge is 0.508 e. The van der Waals surface area contributed by atoms with E-state index in [2.05, 4.69) is 0 Å². The van der Waals surface area contributed by atoms with Gasteiger partial charge in [-0.25, -0.2) is 8.42 Å². The zero-order valence-electron chi connectivity index (χ0n) is 9.14. The topological polar surface area (TPSA) is 57.6 Å². The second-order valence-electron chi connectivity index (χ2n) is 4.11. The molecule has 86 valence electrons. The van der Waals surface area contributed by atoms with E-state index in [1.807, 2.05) is 19.0 Å². The highest BCUT2D eigenvalue weighted by atomic mass is 32.2. The fraction of sp³-hybridized carbons (Fsp3) is 0.273. The maximum Gasteiger partial charge on any atom is 0.200 e. The van der Waals surface area contributed by atoms with E-state index in [0.29, 0.717) is 12.1 Å². The molecule has 4 nitrogen and oxygen atoms in total. The molecule has 0 radical (unpaired) electrons. The minimum atomic E-state index is -3.32. The van der Waals surface area contributed by atoms with Crippen LogP contribution in [0.4, 0.5) is 0 Å². The first kappa shape index (κ1) is 11.2. The number of phenolic OH excluding ortho intramolecular Hbond substituents is 1. The third kappa shape index (κ3) is 1.83. The fourth-order valence-electron chi connectivity index (χ4n) is 1.79. The second kappa shape index (κ2) is 3.61. The van der Waals surface area contributed by atoms with Crippen LogP contribution in [-0.4, -0.2) is 39.1 Å². The van der Waals surface area contributed by atoms with Gasteiger partial charge in [0.2, 0.25) is 9.84 Å². The summed E-state index contributed by atoms with van der Waals surface area (Å²) in [6, 6.07) is 4.33. The summed E-state index contributed by atoms with van der Waals surface area (Å²) in [6.45, 7) is 0.537. The van der Waals surface area contributed by atoms with Crippen LogP contribution in [0, 0.1) is 0 Å². The van der Waals surface area contributed by atoms with E-state index in [0.717, 1.165) is 5.57 Å². The van der Waals surface area contributed by atoms with Gasteiger partial charge in [0, 0.05) is 17.5 Å². The van der Waals surface area contributed by atoms with Crippen LogP contribution in [0.2, 0.25) is 0 Å². The fourth-order valence-corrected chi connectivity index (χ4v) is 3.25. The minimum Gasteiger partial charge on any atom is -0.508 e. The summed E-state index contributed by atoms with van der Waals surface area (Å²) in [7, 11) is 0.422. The van der Waals surface area contributed by atoms with Gasteiger partial charge in [-0.1, -0.05) is 0 Å². The molecule has 0 fully saturated rings. The van der Waals surface area contributed by atoms with Crippen molar-refractivity contribution in [3.63, 3.8) is 0 Å². The van der Waals surface area contributed by atoms with Crippen LogP contribution in [-0.2, 0) is 9.84 Å². The van der Waals surface area contributed by atoms with E-state index < -0.39 is 9.84 Å². The number of hydrogen-bond acceptors (Lipinski definition) is 4. The molecule has 0 spiro atoms. The zero-order chi connectivity index (χ0) is 11.9. The Morgan fingerprint density at radius 2 is 2.00 bits per heavy atom. The molecular weight excluding hydrogens is 226 g/mol. The third-order valence-corrected chi connectivity index (χ3v) is 3.96. The standard InChI is InChI=1S/C11H13NO3S/c1-12(2)6-8-7-16(14,15)11-4-3-9(13)5-10(8)11/h3-5,7,13H,6H2,1-2H3.